The van der Waals surface area contributed by atoms with Crippen LogP contribution in [0.3, 0.4) is 0 Å². The van der Waals surface area contributed by atoms with Gasteiger partial charge in [-0.15, -0.1) is 0 Å². The molecule has 0 aliphatic heterocycles. The summed E-state index contributed by atoms with van der Waals surface area (Å²) in [6, 6.07) is 0. The topological polar surface area (TPSA) is 94.8 Å². The van der Waals surface area contributed by atoms with Crippen LogP contribution in [0.1, 0.15) is 78.6 Å². The van der Waals surface area contributed by atoms with Gasteiger partial charge in [0.25, 0.3) is 0 Å². The molecule has 0 aromatic rings. The Morgan fingerprint density at radius 3 is 2.59 bits per heavy atom. The minimum absolute atomic E-state index is 0.0348. The molecule has 0 spiro atoms. The SMILES string of the molecule is C[C@H](CCC(=O)O)[C@@H]1CC[C@H]2[C@@H]3[C@H](O)C[C@@H]4CC(=O)CC[C@]4(C)[C@H]3C[C@H](O)[C@@]21C. The third-order valence-electron chi connectivity index (χ3n) is 10.2. The highest BCUT2D eigenvalue weighted by molar-refractivity contribution is 5.79. The molecule has 5 nitrogen and oxygen atoms in total. The fraction of sp³-hybridized carbons (Fsp3) is 0.917. The van der Waals surface area contributed by atoms with Crippen molar-refractivity contribution in [2.45, 2.75) is 90.8 Å². The molecule has 3 N–H and O–H groups in total. The number of aliphatic carboxylic acids is 1. The third-order valence-corrected chi connectivity index (χ3v) is 10.2. The summed E-state index contributed by atoms with van der Waals surface area (Å²) in [6.45, 7) is 6.66. The van der Waals surface area contributed by atoms with Gasteiger partial charge in [-0.3, -0.25) is 9.59 Å². The van der Waals surface area contributed by atoms with Gasteiger partial charge >= 0.3 is 5.97 Å². The molecular formula is C24H38O5. The van der Waals surface area contributed by atoms with Crippen LogP contribution in [0.15, 0.2) is 0 Å². The van der Waals surface area contributed by atoms with E-state index in [-0.39, 0.29) is 46.8 Å². The molecule has 0 amide bonds. The van der Waals surface area contributed by atoms with E-state index < -0.39 is 18.2 Å². The lowest BCUT2D eigenvalue weighted by Crippen LogP contribution is -2.62. The number of carboxylic acid groups (broad SMARTS) is 1. The van der Waals surface area contributed by atoms with E-state index in [1.165, 1.54) is 0 Å². The Labute approximate surface area is 174 Å². The maximum absolute atomic E-state index is 12.1. The maximum atomic E-state index is 12.1. The van der Waals surface area contributed by atoms with Gasteiger partial charge in [0.2, 0.25) is 0 Å². The van der Waals surface area contributed by atoms with E-state index in [2.05, 4.69) is 20.8 Å². The van der Waals surface area contributed by atoms with E-state index in [0.717, 1.165) is 19.3 Å². The fourth-order valence-corrected chi connectivity index (χ4v) is 8.50. The minimum atomic E-state index is -0.755. The van der Waals surface area contributed by atoms with Gasteiger partial charge in [-0.25, -0.2) is 0 Å². The van der Waals surface area contributed by atoms with Gasteiger partial charge in [-0.1, -0.05) is 20.8 Å². The molecule has 10 atom stereocenters. The van der Waals surface area contributed by atoms with Gasteiger partial charge in [-0.2, -0.15) is 0 Å². The zero-order chi connectivity index (χ0) is 21.1. The van der Waals surface area contributed by atoms with Crippen LogP contribution in [0.5, 0.6) is 0 Å². The zero-order valence-corrected chi connectivity index (χ0v) is 18.1. The number of hydrogen-bond acceptors (Lipinski definition) is 4. The summed E-state index contributed by atoms with van der Waals surface area (Å²) in [5, 5.41) is 31.8. The van der Waals surface area contributed by atoms with Crippen LogP contribution in [-0.4, -0.2) is 39.3 Å². The van der Waals surface area contributed by atoms with Crippen molar-refractivity contribution < 1.29 is 24.9 Å². The minimum Gasteiger partial charge on any atom is -0.481 e. The zero-order valence-electron chi connectivity index (χ0n) is 18.1. The number of aliphatic hydroxyl groups excluding tert-OH is 2. The monoisotopic (exact) mass is 406 g/mol. The van der Waals surface area contributed by atoms with Gasteiger partial charge < -0.3 is 15.3 Å². The highest BCUT2D eigenvalue weighted by atomic mass is 16.4. The molecule has 4 saturated carbocycles. The molecule has 4 aliphatic rings. The molecule has 0 unspecified atom stereocenters. The van der Waals surface area contributed by atoms with E-state index >= 15 is 0 Å². The van der Waals surface area contributed by atoms with Crippen LogP contribution >= 0.6 is 0 Å². The molecule has 0 radical (unpaired) electrons. The second-order valence-corrected chi connectivity index (χ2v) is 11.2. The lowest BCUT2D eigenvalue weighted by atomic mass is 9.43. The molecule has 0 heterocycles. The van der Waals surface area contributed by atoms with Crippen LogP contribution < -0.4 is 0 Å². The first kappa shape index (κ1) is 21.3. The van der Waals surface area contributed by atoms with E-state index in [0.29, 0.717) is 43.8 Å². The maximum Gasteiger partial charge on any atom is 0.303 e. The first-order valence-corrected chi connectivity index (χ1v) is 11.7. The van der Waals surface area contributed by atoms with E-state index in [1.54, 1.807) is 0 Å². The molecular weight excluding hydrogens is 368 g/mol. The van der Waals surface area contributed by atoms with E-state index in [1.807, 2.05) is 0 Å². The predicted octanol–water partition coefficient (Wildman–Crippen LogP) is 3.66. The molecule has 4 rings (SSSR count). The van der Waals surface area contributed by atoms with Crippen molar-refractivity contribution >= 4 is 11.8 Å². The molecule has 29 heavy (non-hydrogen) atoms. The highest BCUT2D eigenvalue weighted by Crippen LogP contribution is 2.68. The van der Waals surface area contributed by atoms with Gasteiger partial charge in [0, 0.05) is 19.3 Å². The van der Waals surface area contributed by atoms with Gasteiger partial charge in [0.15, 0.2) is 0 Å². The first-order valence-electron chi connectivity index (χ1n) is 11.7. The number of hydrogen-bond donors (Lipinski definition) is 3. The van der Waals surface area contributed by atoms with Crippen molar-refractivity contribution in [3.8, 4) is 0 Å². The van der Waals surface area contributed by atoms with Crippen molar-refractivity contribution in [2.24, 2.45) is 46.3 Å². The number of Topliss-reactive ketones (excluding diaryl/α,β-unsaturated/α-hetero) is 1. The first-order chi connectivity index (χ1) is 13.6. The van der Waals surface area contributed by atoms with Crippen LogP contribution in [0.25, 0.3) is 0 Å². The molecule has 0 saturated heterocycles. The smallest absolute Gasteiger partial charge is 0.303 e. The van der Waals surface area contributed by atoms with Crippen LogP contribution in [0.4, 0.5) is 0 Å². The highest BCUT2D eigenvalue weighted by Gasteiger charge is 2.65. The Kier molecular flexibility index (Phi) is 5.39. The molecule has 4 aliphatic carbocycles. The van der Waals surface area contributed by atoms with Crippen LogP contribution in [0, 0.1) is 46.3 Å². The van der Waals surface area contributed by atoms with Crippen LogP contribution in [-0.2, 0) is 9.59 Å². The number of carboxylic acids is 1. The standard InChI is InChI=1S/C24H38O5/c1-13(4-7-21(28)29)16-5-6-17-22-18(12-20(27)24(16,17)3)23(2)9-8-15(25)10-14(23)11-19(22)26/h13-14,16-20,22,26-27H,4-12H2,1-3H3,(H,28,29)/t13-,14+,16+,17+,18+,19-,20+,22+,23+,24-/m1/s1. The predicted molar refractivity (Wildman–Crippen MR) is 109 cm³/mol. The quantitative estimate of drug-likeness (QED) is 0.662. The van der Waals surface area contributed by atoms with Gasteiger partial charge in [0.1, 0.15) is 5.78 Å². The molecule has 0 aromatic heterocycles. The summed E-state index contributed by atoms with van der Waals surface area (Å²) in [4.78, 5) is 23.1. The molecule has 5 heteroatoms. The molecule has 164 valence electrons. The van der Waals surface area contributed by atoms with E-state index in [9.17, 15) is 19.8 Å². The number of carbonyl (C=O) groups excluding carboxylic acids is 1. The number of aliphatic hydroxyl groups is 2. The summed E-state index contributed by atoms with van der Waals surface area (Å²) in [5.41, 5.74) is -0.221. The lowest BCUT2D eigenvalue weighted by molar-refractivity contribution is -0.201. The second-order valence-electron chi connectivity index (χ2n) is 11.2. The van der Waals surface area contributed by atoms with Gasteiger partial charge in [0.05, 0.1) is 12.2 Å². The summed E-state index contributed by atoms with van der Waals surface area (Å²) < 4.78 is 0. The Morgan fingerprint density at radius 2 is 1.90 bits per heavy atom. The Hall–Kier alpha value is -0.940. The van der Waals surface area contributed by atoms with Crippen molar-refractivity contribution in [2.75, 3.05) is 0 Å². The van der Waals surface area contributed by atoms with Crippen molar-refractivity contribution in [1.29, 1.82) is 0 Å². The number of carbonyl (C=O) groups is 2. The summed E-state index contributed by atoms with van der Waals surface area (Å²) in [6.07, 6.45) is 5.56. The Balaban J connectivity index is 1.61. The van der Waals surface area contributed by atoms with Crippen LogP contribution in [0.2, 0.25) is 0 Å². The normalized spacial score (nSPS) is 50.4. The van der Waals surface area contributed by atoms with Crippen molar-refractivity contribution in [1.82, 2.24) is 0 Å². The average molecular weight is 407 g/mol. The second kappa shape index (κ2) is 7.33. The van der Waals surface area contributed by atoms with Crippen molar-refractivity contribution in [3.63, 3.8) is 0 Å². The summed E-state index contributed by atoms with van der Waals surface area (Å²) >= 11 is 0. The number of ketones is 1. The summed E-state index contributed by atoms with van der Waals surface area (Å²) in [7, 11) is 0. The molecule has 4 fully saturated rings. The number of fused-ring (bicyclic) bond motifs is 5. The average Bonchev–Trinajstić information content (AvgIpc) is 3.01. The van der Waals surface area contributed by atoms with E-state index in [4.69, 9.17) is 5.11 Å². The molecule has 0 bridgehead atoms. The Bertz CT molecular complexity index is 676. The largest absolute Gasteiger partial charge is 0.481 e. The third kappa shape index (κ3) is 3.18. The fourth-order valence-electron chi connectivity index (χ4n) is 8.50. The lowest BCUT2D eigenvalue weighted by Gasteiger charge is -2.63. The van der Waals surface area contributed by atoms with Gasteiger partial charge in [-0.05, 0) is 84.9 Å². The summed E-state index contributed by atoms with van der Waals surface area (Å²) in [5.74, 6) is 1.10. The molecule has 0 aromatic carbocycles. The number of rotatable bonds is 4. The Morgan fingerprint density at radius 1 is 1.17 bits per heavy atom. The van der Waals surface area contributed by atoms with Crippen molar-refractivity contribution in [3.05, 3.63) is 0 Å².